The Labute approximate surface area is 144 Å². The number of hydrogen-bond acceptors (Lipinski definition) is 5. The van der Waals surface area contributed by atoms with Crippen LogP contribution in [-0.2, 0) is 4.74 Å². The molecule has 3 aromatic rings. The van der Waals surface area contributed by atoms with Gasteiger partial charge in [0.15, 0.2) is 5.13 Å². The van der Waals surface area contributed by atoms with E-state index in [1.807, 2.05) is 24.4 Å². The van der Waals surface area contributed by atoms with Gasteiger partial charge in [0.1, 0.15) is 11.6 Å². The Morgan fingerprint density at radius 2 is 2.04 bits per heavy atom. The van der Waals surface area contributed by atoms with Crippen LogP contribution in [0.5, 0.6) is 0 Å². The van der Waals surface area contributed by atoms with E-state index in [0.717, 1.165) is 22.2 Å². The molecule has 0 saturated carbocycles. The number of aromatic nitrogens is 3. The zero-order chi connectivity index (χ0) is 17.1. The first-order chi connectivity index (χ1) is 11.6. The van der Waals surface area contributed by atoms with Gasteiger partial charge in [-0.15, -0.1) is 11.3 Å². The number of ether oxygens (including phenoxy) is 1. The first-order valence-corrected chi connectivity index (χ1v) is 8.47. The van der Waals surface area contributed by atoms with Crippen molar-refractivity contribution in [3.8, 4) is 16.4 Å². The summed E-state index contributed by atoms with van der Waals surface area (Å²) >= 11 is 1.49. The van der Waals surface area contributed by atoms with Gasteiger partial charge in [0.25, 0.3) is 0 Å². The van der Waals surface area contributed by atoms with Crippen molar-refractivity contribution in [1.82, 2.24) is 14.5 Å². The number of thiazole rings is 1. The fourth-order valence-electron chi connectivity index (χ4n) is 2.27. The van der Waals surface area contributed by atoms with Crippen LogP contribution < -0.4 is 5.32 Å². The smallest absolute Gasteiger partial charge is 0.412 e. The topological polar surface area (TPSA) is 69.0 Å². The molecular weight excluding hydrogens is 324 g/mol. The summed E-state index contributed by atoms with van der Waals surface area (Å²) in [7, 11) is 0. The van der Waals surface area contributed by atoms with Crippen LogP contribution >= 0.6 is 11.3 Å². The molecule has 0 aliphatic carbocycles. The van der Waals surface area contributed by atoms with Crippen molar-refractivity contribution < 1.29 is 9.53 Å². The number of amides is 1. The van der Waals surface area contributed by atoms with E-state index in [1.165, 1.54) is 16.9 Å². The van der Waals surface area contributed by atoms with E-state index in [1.54, 1.807) is 17.7 Å². The van der Waals surface area contributed by atoms with Gasteiger partial charge in [0, 0.05) is 10.9 Å². The van der Waals surface area contributed by atoms with E-state index in [4.69, 9.17) is 4.74 Å². The van der Waals surface area contributed by atoms with Crippen LogP contribution in [0, 0.1) is 13.8 Å². The standard InChI is InChI=1S/C17H18N4O2S/c1-4-23-17(22)20-15-9-18-12(3)21(15)16-19-14(10-24-16)13-7-5-11(2)6-8-13/h5-10H,4H2,1-3H3,(H,20,22). The molecule has 0 fully saturated rings. The van der Waals surface area contributed by atoms with Gasteiger partial charge in [-0.25, -0.2) is 14.8 Å². The second-order valence-electron chi connectivity index (χ2n) is 5.25. The Balaban J connectivity index is 1.91. The number of rotatable bonds is 4. The fourth-order valence-corrected chi connectivity index (χ4v) is 3.16. The number of aryl methyl sites for hydroxylation is 2. The molecule has 124 valence electrons. The van der Waals surface area contributed by atoms with E-state index < -0.39 is 6.09 Å². The molecule has 2 aromatic heterocycles. The number of carbonyl (C=O) groups excluding carboxylic acids is 1. The first-order valence-electron chi connectivity index (χ1n) is 7.59. The van der Waals surface area contributed by atoms with Crippen molar-refractivity contribution in [2.45, 2.75) is 20.8 Å². The molecule has 0 bridgehead atoms. The quantitative estimate of drug-likeness (QED) is 0.772. The summed E-state index contributed by atoms with van der Waals surface area (Å²) in [5.74, 6) is 1.28. The lowest BCUT2D eigenvalue weighted by Gasteiger charge is -2.08. The molecule has 1 N–H and O–H groups in total. The zero-order valence-corrected chi connectivity index (χ0v) is 14.6. The van der Waals surface area contributed by atoms with Crippen LogP contribution in [0.1, 0.15) is 18.3 Å². The lowest BCUT2D eigenvalue weighted by molar-refractivity contribution is 0.167. The van der Waals surface area contributed by atoms with E-state index in [-0.39, 0.29) is 0 Å². The zero-order valence-electron chi connectivity index (χ0n) is 13.7. The van der Waals surface area contributed by atoms with Gasteiger partial charge >= 0.3 is 6.09 Å². The lowest BCUT2D eigenvalue weighted by atomic mass is 10.1. The number of carbonyl (C=O) groups is 1. The van der Waals surface area contributed by atoms with E-state index in [2.05, 4.69) is 34.3 Å². The minimum Gasteiger partial charge on any atom is -0.450 e. The Morgan fingerprint density at radius 1 is 1.29 bits per heavy atom. The minimum atomic E-state index is -0.506. The van der Waals surface area contributed by atoms with Crippen LogP contribution in [0.2, 0.25) is 0 Å². The third kappa shape index (κ3) is 3.30. The molecular formula is C17H18N4O2S. The van der Waals surface area contributed by atoms with Crippen molar-refractivity contribution in [3.05, 3.63) is 47.2 Å². The molecule has 0 aliphatic heterocycles. The molecule has 0 spiro atoms. The van der Waals surface area contributed by atoms with Crippen molar-refractivity contribution in [2.75, 3.05) is 11.9 Å². The van der Waals surface area contributed by atoms with Crippen LogP contribution in [-0.4, -0.2) is 27.2 Å². The lowest BCUT2D eigenvalue weighted by Crippen LogP contribution is -2.16. The van der Waals surface area contributed by atoms with Gasteiger partial charge < -0.3 is 4.74 Å². The van der Waals surface area contributed by atoms with Crippen molar-refractivity contribution in [3.63, 3.8) is 0 Å². The van der Waals surface area contributed by atoms with Gasteiger partial charge in [-0.2, -0.15) is 0 Å². The highest BCUT2D eigenvalue weighted by Gasteiger charge is 2.15. The molecule has 3 rings (SSSR count). The highest BCUT2D eigenvalue weighted by Crippen LogP contribution is 2.27. The maximum absolute atomic E-state index is 11.7. The van der Waals surface area contributed by atoms with Crippen molar-refractivity contribution in [2.24, 2.45) is 0 Å². The number of nitrogens with one attached hydrogen (secondary N) is 1. The van der Waals surface area contributed by atoms with E-state index in [0.29, 0.717) is 12.4 Å². The second-order valence-corrected chi connectivity index (χ2v) is 6.09. The Hall–Kier alpha value is -2.67. The van der Waals surface area contributed by atoms with Crippen LogP contribution in [0.4, 0.5) is 10.6 Å². The van der Waals surface area contributed by atoms with Gasteiger partial charge in [-0.1, -0.05) is 29.8 Å². The first kappa shape index (κ1) is 16.2. The summed E-state index contributed by atoms with van der Waals surface area (Å²) in [5.41, 5.74) is 3.16. The highest BCUT2D eigenvalue weighted by molar-refractivity contribution is 7.12. The van der Waals surface area contributed by atoms with Gasteiger partial charge in [0.2, 0.25) is 0 Å². The molecule has 0 saturated heterocycles. The molecule has 2 heterocycles. The molecule has 7 heteroatoms. The summed E-state index contributed by atoms with van der Waals surface area (Å²) in [4.78, 5) is 20.6. The minimum absolute atomic E-state index is 0.313. The largest absolute Gasteiger partial charge is 0.450 e. The number of anilines is 1. The number of imidazole rings is 1. The average Bonchev–Trinajstić information content (AvgIpc) is 3.15. The molecule has 24 heavy (non-hydrogen) atoms. The summed E-state index contributed by atoms with van der Waals surface area (Å²) in [5, 5.41) is 5.43. The average molecular weight is 342 g/mol. The Kier molecular flexibility index (Phi) is 4.61. The van der Waals surface area contributed by atoms with Crippen LogP contribution in [0.3, 0.4) is 0 Å². The number of benzene rings is 1. The molecule has 0 atom stereocenters. The number of nitrogens with zero attached hydrogens (tertiary/aromatic N) is 3. The summed E-state index contributed by atoms with van der Waals surface area (Å²) in [6.07, 6.45) is 1.09. The van der Waals surface area contributed by atoms with Crippen LogP contribution in [0.15, 0.2) is 35.8 Å². The predicted octanol–water partition coefficient (Wildman–Crippen LogP) is 4.18. The molecule has 0 unspecified atom stereocenters. The van der Waals surface area contributed by atoms with Gasteiger partial charge in [-0.3, -0.25) is 9.88 Å². The summed E-state index contributed by atoms with van der Waals surface area (Å²) in [6, 6.07) is 8.22. The number of hydrogen-bond donors (Lipinski definition) is 1. The SMILES string of the molecule is CCOC(=O)Nc1cnc(C)n1-c1nc(-c2ccc(C)cc2)cs1. The molecule has 0 radical (unpaired) electrons. The fraction of sp³-hybridized carbons (Fsp3) is 0.235. The molecule has 1 aromatic carbocycles. The highest BCUT2D eigenvalue weighted by atomic mass is 32.1. The Morgan fingerprint density at radius 3 is 2.75 bits per heavy atom. The van der Waals surface area contributed by atoms with E-state index >= 15 is 0 Å². The normalized spacial score (nSPS) is 10.6. The second kappa shape index (κ2) is 6.84. The maximum Gasteiger partial charge on any atom is 0.412 e. The van der Waals surface area contributed by atoms with Crippen LogP contribution in [0.25, 0.3) is 16.4 Å². The van der Waals surface area contributed by atoms with Crippen molar-refractivity contribution in [1.29, 1.82) is 0 Å². The summed E-state index contributed by atoms with van der Waals surface area (Å²) < 4.78 is 6.73. The van der Waals surface area contributed by atoms with Gasteiger partial charge in [0.05, 0.1) is 18.5 Å². The maximum atomic E-state index is 11.7. The monoisotopic (exact) mass is 342 g/mol. The summed E-state index contributed by atoms with van der Waals surface area (Å²) in [6.45, 7) is 5.99. The van der Waals surface area contributed by atoms with Gasteiger partial charge in [-0.05, 0) is 20.8 Å². The molecule has 6 nitrogen and oxygen atoms in total. The molecule has 0 aliphatic rings. The third-order valence-corrected chi connectivity index (χ3v) is 4.30. The Bertz CT molecular complexity index is 852. The van der Waals surface area contributed by atoms with Crippen molar-refractivity contribution >= 4 is 23.2 Å². The van der Waals surface area contributed by atoms with E-state index in [9.17, 15) is 4.79 Å². The molecule has 1 amide bonds. The predicted molar refractivity (Wildman–Crippen MR) is 94.8 cm³/mol. The third-order valence-electron chi connectivity index (χ3n) is 3.47.